The van der Waals surface area contributed by atoms with Crippen molar-refractivity contribution >= 4 is 29.4 Å². The summed E-state index contributed by atoms with van der Waals surface area (Å²) < 4.78 is 48.5. The minimum atomic E-state index is -4.58. The van der Waals surface area contributed by atoms with E-state index < -0.39 is 42.0 Å². The molecule has 1 N–H and O–H groups in total. The Labute approximate surface area is 215 Å². The number of nitrogens with zero attached hydrogens (tertiary/aromatic N) is 1. The number of hydrogen-bond donors (Lipinski definition) is 1. The molecule has 1 aliphatic heterocycles. The number of ether oxygens (including phenoxy) is 2. The molecule has 11 heteroatoms. The largest absolute Gasteiger partial charge is 0.497 e. The Morgan fingerprint density at radius 1 is 0.921 bits per heavy atom. The van der Waals surface area contributed by atoms with Crippen molar-refractivity contribution in [1.82, 2.24) is 4.90 Å². The second-order valence-electron chi connectivity index (χ2n) is 8.32. The van der Waals surface area contributed by atoms with E-state index in [1.165, 1.54) is 24.3 Å². The Balaban J connectivity index is 1.35. The van der Waals surface area contributed by atoms with E-state index >= 15 is 0 Å². The van der Waals surface area contributed by atoms with E-state index in [1.54, 1.807) is 19.2 Å². The molecule has 1 aliphatic rings. The summed E-state index contributed by atoms with van der Waals surface area (Å²) in [6, 6.07) is 15.1. The summed E-state index contributed by atoms with van der Waals surface area (Å²) >= 11 is 0. The van der Waals surface area contributed by atoms with Gasteiger partial charge in [-0.15, -0.1) is 0 Å². The molecule has 0 spiro atoms. The lowest BCUT2D eigenvalue weighted by Gasteiger charge is -2.13. The summed E-state index contributed by atoms with van der Waals surface area (Å²) in [5.74, 6) is -2.16. The molecule has 0 aliphatic carbocycles. The predicted molar refractivity (Wildman–Crippen MR) is 129 cm³/mol. The lowest BCUT2D eigenvalue weighted by molar-refractivity contribution is -0.137. The van der Waals surface area contributed by atoms with Gasteiger partial charge in [0.15, 0.2) is 6.61 Å². The normalized spacial score (nSPS) is 12.8. The van der Waals surface area contributed by atoms with Gasteiger partial charge in [0.25, 0.3) is 17.7 Å². The topological polar surface area (TPSA) is 102 Å². The second-order valence-corrected chi connectivity index (χ2v) is 8.32. The van der Waals surface area contributed by atoms with Gasteiger partial charge in [0.05, 0.1) is 29.4 Å². The van der Waals surface area contributed by atoms with Crippen LogP contribution in [0.15, 0.2) is 66.7 Å². The molecule has 0 saturated heterocycles. The second kappa shape index (κ2) is 10.8. The van der Waals surface area contributed by atoms with Crippen molar-refractivity contribution in [3.05, 3.63) is 94.5 Å². The summed E-state index contributed by atoms with van der Waals surface area (Å²) in [7, 11) is 1.55. The zero-order valence-electron chi connectivity index (χ0n) is 20.0. The SMILES string of the molecule is COc1ccc(CCN2C(=O)c3ccc(C(=O)OCC(=O)Nc4cccc(C(F)(F)F)c4)cc3C2=O)cc1. The number of fused-ring (bicyclic) bond motifs is 1. The Hall–Kier alpha value is -4.67. The van der Waals surface area contributed by atoms with Crippen molar-refractivity contribution in [3.8, 4) is 5.75 Å². The van der Waals surface area contributed by atoms with Crippen LogP contribution in [0.25, 0.3) is 0 Å². The van der Waals surface area contributed by atoms with Gasteiger partial charge >= 0.3 is 12.1 Å². The number of carbonyl (C=O) groups is 4. The van der Waals surface area contributed by atoms with E-state index in [2.05, 4.69) is 5.32 Å². The number of esters is 1. The lowest BCUT2D eigenvalue weighted by Crippen LogP contribution is -2.31. The zero-order chi connectivity index (χ0) is 27.4. The molecule has 3 aromatic rings. The van der Waals surface area contributed by atoms with E-state index in [1.807, 2.05) is 12.1 Å². The number of benzene rings is 3. The smallest absolute Gasteiger partial charge is 0.416 e. The van der Waals surface area contributed by atoms with E-state index in [0.717, 1.165) is 28.7 Å². The van der Waals surface area contributed by atoms with Crippen LogP contribution in [-0.4, -0.2) is 48.9 Å². The van der Waals surface area contributed by atoms with E-state index in [-0.39, 0.29) is 28.9 Å². The van der Waals surface area contributed by atoms with Crippen LogP contribution in [0.1, 0.15) is 42.2 Å². The van der Waals surface area contributed by atoms with Crippen LogP contribution in [0.4, 0.5) is 18.9 Å². The first-order valence-corrected chi connectivity index (χ1v) is 11.3. The molecule has 0 unspecified atom stereocenters. The average Bonchev–Trinajstić information content (AvgIpc) is 3.14. The highest BCUT2D eigenvalue weighted by atomic mass is 19.4. The molecular weight excluding hydrogens is 505 g/mol. The fraction of sp³-hybridized carbons (Fsp3) is 0.185. The number of anilines is 1. The minimum absolute atomic E-state index is 0.0348. The van der Waals surface area contributed by atoms with Gasteiger partial charge < -0.3 is 14.8 Å². The molecule has 3 aromatic carbocycles. The number of methoxy groups -OCH3 is 1. The summed E-state index contributed by atoms with van der Waals surface area (Å²) in [6.45, 7) is -0.638. The molecule has 196 valence electrons. The Bertz CT molecular complexity index is 1400. The van der Waals surface area contributed by atoms with Crippen molar-refractivity contribution in [3.63, 3.8) is 0 Å². The summed E-state index contributed by atoms with van der Waals surface area (Å²) in [6.07, 6.45) is -4.16. The Morgan fingerprint density at radius 3 is 2.32 bits per heavy atom. The van der Waals surface area contributed by atoms with Crippen molar-refractivity contribution in [2.75, 3.05) is 25.6 Å². The summed E-state index contributed by atoms with van der Waals surface area (Å²) in [5.41, 5.74) is -0.0417. The number of nitrogens with one attached hydrogen (secondary N) is 1. The maximum atomic E-state index is 12.9. The van der Waals surface area contributed by atoms with Crippen LogP contribution in [0.5, 0.6) is 5.75 Å². The molecule has 0 radical (unpaired) electrons. The first-order chi connectivity index (χ1) is 18.1. The van der Waals surface area contributed by atoms with Crippen molar-refractivity contribution in [2.45, 2.75) is 12.6 Å². The number of rotatable bonds is 8. The highest BCUT2D eigenvalue weighted by Crippen LogP contribution is 2.30. The molecule has 1 heterocycles. The molecule has 8 nitrogen and oxygen atoms in total. The highest BCUT2D eigenvalue weighted by molar-refractivity contribution is 6.22. The van der Waals surface area contributed by atoms with Crippen molar-refractivity contribution < 1.29 is 41.8 Å². The number of alkyl halides is 3. The Kier molecular flexibility index (Phi) is 7.47. The van der Waals surface area contributed by atoms with Crippen molar-refractivity contribution in [1.29, 1.82) is 0 Å². The highest BCUT2D eigenvalue weighted by Gasteiger charge is 2.36. The maximum absolute atomic E-state index is 12.9. The minimum Gasteiger partial charge on any atom is -0.497 e. The Morgan fingerprint density at radius 2 is 1.63 bits per heavy atom. The molecule has 0 saturated carbocycles. The van der Waals surface area contributed by atoms with Crippen LogP contribution >= 0.6 is 0 Å². The van der Waals surface area contributed by atoms with Crippen LogP contribution < -0.4 is 10.1 Å². The van der Waals surface area contributed by atoms with Crippen LogP contribution in [-0.2, 0) is 22.1 Å². The van der Waals surface area contributed by atoms with Gasteiger partial charge in [-0.25, -0.2) is 4.79 Å². The molecule has 0 atom stereocenters. The van der Waals surface area contributed by atoms with Gasteiger partial charge in [0, 0.05) is 12.2 Å². The van der Waals surface area contributed by atoms with Gasteiger partial charge in [-0.2, -0.15) is 13.2 Å². The van der Waals surface area contributed by atoms with E-state index in [9.17, 15) is 32.3 Å². The molecular formula is C27H21F3N2O6. The number of hydrogen-bond acceptors (Lipinski definition) is 6. The molecule has 3 amide bonds. The van der Waals surface area contributed by atoms with Gasteiger partial charge in [0.1, 0.15) is 5.75 Å². The number of carbonyl (C=O) groups excluding carboxylic acids is 4. The quantitative estimate of drug-likeness (QED) is 0.346. The first kappa shape index (κ1) is 26.4. The molecule has 0 bridgehead atoms. The third kappa shape index (κ3) is 5.83. The van der Waals surface area contributed by atoms with Gasteiger partial charge in [0.2, 0.25) is 0 Å². The molecule has 38 heavy (non-hydrogen) atoms. The summed E-state index contributed by atoms with van der Waals surface area (Å²) in [4.78, 5) is 51.2. The number of halogens is 3. The third-order valence-electron chi connectivity index (χ3n) is 5.80. The van der Waals surface area contributed by atoms with Gasteiger partial charge in [-0.3, -0.25) is 19.3 Å². The standard InChI is InChI=1S/C27H21F3N2O6/c1-37-20-8-5-16(6-9-20)11-12-32-24(34)21-10-7-17(13-22(21)25(32)35)26(36)38-15-23(33)31-19-4-2-3-18(14-19)27(28,29)30/h2-10,13-14H,11-12,15H2,1H3,(H,31,33). The van der Waals surface area contributed by atoms with E-state index in [4.69, 9.17) is 9.47 Å². The van der Waals surface area contributed by atoms with Crippen LogP contribution in [0, 0.1) is 0 Å². The molecule has 4 rings (SSSR count). The van der Waals surface area contributed by atoms with Crippen LogP contribution in [0.3, 0.4) is 0 Å². The monoisotopic (exact) mass is 526 g/mol. The summed E-state index contributed by atoms with van der Waals surface area (Å²) in [5, 5.41) is 2.23. The maximum Gasteiger partial charge on any atom is 0.416 e. The number of imide groups is 1. The van der Waals surface area contributed by atoms with Crippen molar-refractivity contribution in [2.24, 2.45) is 0 Å². The fourth-order valence-electron chi connectivity index (χ4n) is 3.84. The molecule has 0 aromatic heterocycles. The first-order valence-electron chi connectivity index (χ1n) is 11.3. The predicted octanol–water partition coefficient (Wildman–Crippen LogP) is 4.35. The average molecular weight is 526 g/mol. The van der Waals surface area contributed by atoms with Gasteiger partial charge in [-0.05, 0) is 60.5 Å². The fourth-order valence-corrected chi connectivity index (χ4v) is 3.84. The zero-order valence-corrected chi connectivity index (χ0v) is 20.0. The lowest BCUT2D eigenvalue weighted by atomic mass is 10.1. The van der Waals surface area contributed by atoms with E-state index in [0.29, 0.717) is 12.2 Å². The van der Waals surface area contributed by atoms with Crippen LogP contribution in [0.2, 0.25) is 0 Å². The molecule has 0 fully saturated rings. The number of amides is 3. The third-order valence-corrected chi connectivity index (χ3v) is 5.80. The van der Waals surface area contributed by atoms with Gasteiger partial charge in [-0.1, -0.05) is 18.2 Å².